The third-order valence-electron chi connectivity index (χ3n) is 6.33. The number of anilines is 1. The lowest BCUT2D eigenvalue weighted by Crippen LogP contribution is -2.40. The molecule has 1 aromatic rings. The molecule has 0 aliphatic carbocycles. The Morgan fingerprint density at radius 2 is 1.83 bits per heavy atom. The van der Waals surface area contributed by atoms with Crippen LogP contribution in [0.1, 0.15) is 69.8 Å². The van der Waals surface area contributed by atoms with Crippen LogP contribution in [0.25, 0.3) is 11.6 Å². The lowest BCUT2D eigenvalue weighted by atomic mass is 9.89. The summed E-state index contributed by atoms with van der Waals surface area (Å²) < 4.78 is 13.2. The summed E-state index contributed by atoms with van der Waals surface area (Å²) >= 11 is 0. The van der Waals surface area contributed by atoms with Crippen LogP contribution < -0.4 is 5.32 Å². The fraction of sp³-hybridized carbons (Fsp3) is 0.481. The van der Waals surface area contributed by atoms with Gasteiger partial charge in [0.25, 0.3) is 0 Å². The third-order valence-corrected chi connectivity index (χ3v) is 9.84. The average Bonchev–Trinajstić information content (AvgIpc) is 2.74. The maximum absolute atomic E-state index is 13.2. The monoisotopic (exact) mass is 501 g/mol. The molecule has 0 fully saturated rings. The van der Waals surface area contributed by atoms with Gasteiger partial charge in [-0.15, -0.1) is 0 Å². The second-order valence-electron chi connectivity index (χ2n) is 10.3. The Morgan fingerprint density at radius 1 is 1.20 bits per heavy atom. The maximum atomic E-state index is 13.2. The minimum Gasteiger partial charge on any atom is -0.432 e. The molecule has 0 spiro atoms. The summed E-state index contributed by atoms with van der Waals surface area (Å²) in [5.41, 5.74) is 2.28. The highest BCUT2D eigenvalue weighted by Crippen LogP contribution is 2.42. The maximum Gasteiger partial charge on any atom is 0.223 e. The van der Waals surface area contributed by atoms with Crippen LogP contribution in [0.5, 0.6) is 0 Å². The first kappa shape index (κ1) is 30.3. The molecule has 0 saturated heterocycles. The first-order valence-corrected chi connectivity index (χ1v) is 14.8. The smallest absolute Gasteiger partial charge is 0.223 e. The number of hydrogen-bond acceptors (Lipinski definition) is 6. The van der Waals surface area contributed by atoms with E-state index in [4.69, 9.17) is 0 Å². The van der Waals surface area contributed by atoms with Crippen molar-refractivity contribution in [2.75, 3.05) is 12.4 Å². The Balaban J connectivity index is 3.35. The molecule has 1 atom stereocenters. The highest BCUT2D eigenvalue weighted by atomic mass is 28.4. The molecule has 0 amide bonds. The normalized spacial score (nSPS) is 13.4. The fourth-order valence-electron chi connectivity index (χ4n) is 3.59. The number of hydrogen-bond donors (Lipinski definition) is 2. The van der Waals surface area contributed by atoms with Gasteiger partial charge in [-0.3, -0.25) is 4.79 Å². The van der Waals surface area contributed by atoms with Gasteiger partial charge in [-0.1, -0.05) is 46.9 Å². The fourth-order valence-corrected chi connectivity index (χ4v) is 4.38. The van der Waals surface area contributed by atoms with Crippen molar-refractivity contribution >= 4 is 38.0 Å². The topological polar surface area (TPSA) is 92.2 Å². The minimum absolute atomic E-state index is 0.0203. The molecule has 0 unspecified atom stereocenters. The van der Waals surface area contributed by atoms with Gasteiger partial charge in [0.05, 0.1) is 11.4 Å². The zero-order valence-corrected chi connectivity index (χ0v) is 23.1. The molecule has 0 aromatic carbocycles. The van der Waals surface area contributed by atoms with E-state index in [9.17, 15) is 18.8 Å². The molecule has 35 heavy (non-hydrogen) atoms. The van der Waals surface area contributed by atoms with E-state index in [0.29, 0.717) is 29.2 Å². The number of ketones is 1. The molecule has 1 heterocycles. The van der Waals surface area contributed by atoms with Crippen molar-refractivity contribution in [2.45, 2.75) is 71.0 Å². The molecule has 8 heteroatoms. The quantitative estimate of drug-likeness (QED) is 0.136. The van der Waals surface area contributed by atoms with Crippen LogP contribution in [0.3, 0.4) is 0 Å². The van der Waals surface area contributed by atoms with Crippen molar-refractivity contribution in [3.63, 3.8) is 0 Å². The van der Waals surface area contributed by atoms with E-state index in [1.807, 2.05) is 40.8 Å². The first-order chi connectivity index (χ1) is 16.1. The molecule has 0 aliphatic heterocycles. The van der Waals surface area contributed by atoms with Crippen molar-refractivity contribution in [3.8, 4) is 0 Å². The number of carbonyl (C=O) groups is 2. The van der Waals surface area contributed by atoms with Gasteiger partial charge in [0.15, 0.2) is 14.1 Å². The van der Waals surface area contributed by atoms with E-state index in [0.717, 1.165) is 12.0 Å². The van der Waals surface area contributed by atoms with E-state index in [-0.39, 0.29) is 35.5 Å². The highest BCUT2D eigenvalue weighted by Gasteiger charge is 2.39. The summed E-state index contributed by atoms with van der Waals surface area (Å²) in [7, 11) is -0.777. The number of allylic oxidation sites excluding steroid dienone is 5. The molecule has 192 valence electrons. The van der Waals surface area contributed by atoms with Crippen LogP contribution in [0.2, 0.25) is 18.1 Å². The van der Waals surface area contributed by atoms with Crippen LogP contribution in [0, 0.1) is 5.92 Å². The van der Waals surface area contributed by atoms with Gasteiger partial charge in [-0.2, -0.15) is 0 Å². The van der Waals surface area contributed by atoms with E-state index in [2.05, 4.69) is 28.4 Å². The van der Waals surface area contributed by atoms with Crippen molar-refractivity contribution in [1.29, 1.82) is 0 Å². The van der Waals surface area contributed by atoms with Gasteiger partial charge in [0.1, 0.15) is 12.1 Å². The number of halogens is 1. The Hall–Kier alpha value is -2.71. The predicted octanol–water partition coefficient (Wildman–Crippen LogP) is 6.24. The summed E-state index contributed by atoms with van der Waals surface area (Å²) in [5, 5.41) is 2.58. The van der Waals surface area contributed by atoms with E-state index >= 15 is 0 Å². The molecule has 0 radical (unpaired) electrons. The third kappa shape index (κ3) is 9.11. The van der Waals surface area contributed by atoms with Gasteiger partial charge < -0.3 is 14.9 Å². The average molecular weight is 502 g/mol. The summed E-state index contributed by atoms with van der Waals surface area (Å²) in [5.74, 6) is -0.499. The number of aldehydes is 1. The van der Waals surface area contributed by atoms with Gasteiger partial charge in [0, 0.05) is 25.5 Å². The molecule has 0 aliphatic rings. The van der Waals surface area contributed by atoms with Gasteiger partial charge in [0.2, 0.25) is 5.95 Å². The summed E-state index contributed by atoms with van der Waals surface area (Å²) in [4.78, 5) is 43.9. The second-order valence-corrected chi connectivity index (χ2v) is 14.8. The number of rotatable bonds is 14. The lowest BCUT2D eigenvalue weighted by Gasteiger charge is -2.37. The molecule has 1 rings (SSSR count). The van der Waals surface area contributed by atoms with Crippen molar-refractivity contribution in [3.05, 3.63) is 54.2 Å². The standard InChI is InChI=1S/C27H40FN3O3Si/c1-18(2)24-23(25(31-26(29-7)30-24)19(3)10-11-20(4)28)13-12-22(33)16-21(14-15-32)17-27(5,6)35(8,9)34/h10-13,15,18,21,34H,3-4,14,16-17H2,1-2,5-9H3,(H,29,30,31)/b11-10-,13-12+/t21-/m0/s1. The lowest BCUT2D eigenvalue weighted by molar-refractivity contribution is -0.115. The number of nitrogens with zero attached hydrogens (tertiary/aromatic N) is 2. The summed E-state index contributed by atoms with van der Waals surface area (Å²) in [6.45, 7) is 18.9. The van der Waals surface area contributed by atoms with Crippen LogP contribution >= 0.6 is 0 Å². The number of aromatic nitrogens is 2. The van der Waals surface area contributed by atoms with Crippen LogP contribution in [0.15, 0.2) is 37.2 Å². The zero-order valence-electron chi connectivity index (χ0n) is 22.1. The number of nitrogens with one attached hydrogen (secondary N) is 1. The van der Waals surface area contributed by atoms with E-state index in [1.165, 1.54) is 18.2 Å². The molecule has 0 bridgehead atoms. The van der Waals surface area contributed by atoms with Crippen molar-refractivity contribution in [1.82, 2.24) is 9.97 Å². The second kappa shape index (κ2) is 12.8. The SMILES string of the molecule is C=C(F)/C=C\C(=C)c1nc(NC)nc(C(C)C)c1/C=C/C(=O)C[C@H](CC=O)CC(C)(C)[Si](C)(C)O. The Morgan fingerprint density at radius 3 is 2.31 bits per heavy atom. The Labute approximate surface area is 210 Å². The van der Waals surface area contributed by atoms with Crippen LogP contribution in [-0.4, -0.2) is 42.2 Å². The van der Waals surface area contributed by atoms with Crippen molar-refractivity contribution < 1.29 is 18.8 Å². The van der Waals surface area contributed by atoms with Crippen molar-refractivity contribution in [2.24, 2.45) is 5.92 Å². The predicted molar refractivity (Wildman–Crippen MR) is 145 cm³/mol. The minimum atomic E-state index is -2.48. The molecular weight excluding hydrogens is 461 g/mol. The van der Waals surface area contributed by atoms with Gasteiger partial charge in [-0.25, -0.2) is 14.4 Å². The Kier molecular flexibility index (Phi) is 11.1. The number of carbonyl (C=O) groups excluding carboxylic acids is 2. The van der Waals surface area contributed by atoms with E-state index in [1.54, 1.807) is 13.1 Å². The first-order valence-electron chi connectivity index (χ1n) is 11.8. The molecule has 1 aromatic heterocycles. The summed E-state index contributed by atoms with van der Waals surface area (Å²) in [6.07, 6.45) is 7.69. The largest absolute Gasteiger partial charge is 0.432 e. The molecule has 2 N–H and O–H groups in total. The van der Waals surface area contributed by atoms with Gasteiger partial charge in [-0.05, 0) is 60.2 Å². The molecule has 0 saturated carbocycles. The van der Waals surface area contributed by atoms with E-state index < -0.39 is 14.1 Å². The van der Waals surface area contributed by atoms with Gasteiger partial charge >= 0.3 is 0 Å². The highest BCUT2D eigenvalue weighted by molar-refractivity contribution is 6.72. The Bertz CT molecular complexity index is 1010. The summed E-state index contributed by atoms with van der Waals surface area (Å²) in [6, 6.07) is 0. The molecule has 6 nitrogen and oxygen atoms in total. The van der Waals surface area contributed by atoms with Crippen LogP contribution in [-0.2, 0) is 9.59 Å². The molecular formula is C27H40FN3O3Si. The zero-order chi connectivity index (χ0) is 27.0. The van der Waals surface area contributed by atoms with Crippen LogP contribution in [0.4, 0.5) is 10.3 Å².